The first kappa shape index (κ1) is 11.8. The minimum absolute atomic E-state index is 0. The number of rotatable bonds is 2. The lowest BCUT2D eigenvalue weighted by molar-refractivity contribution is 0.645. The van der Waals surface area contributed by atoms with Crippen molar-refractivity contribution in [3.8, 4) is 0 Å². The third kappa shape index (κ3) is 3.43. The van der Waals surface area contributed by atoms with Crippen molar-refractivity contribution in [1.82, 2.24) is 0 Å². The molecular formula is C11H16Al. The normalized spacial score (nSPS) is 9.67. The van der Waals surface area contributed by atoms with Crippen LogP contribution in [-0.4, -0.2) is 17.4 Å². The van der Waals surface area contributed by atoms with Crippen molar-refractivity contribution in [1.29, 1.82) is 0 Å². The Labute approximate surface area is 86.1 Å². The summed E-state index contributed by atoms with van der Waals surface area (Å²) >= 11 is 0. The van der Waals surface area contributed by atoms with Gasteiger partial charge in [0.2, 0.25) is 0 Å². The molecular weight excluding hydrogens is 159 g/mol. The van der Waals surface area contributed by atoms with E-state index in [9.17, 15) is 0 Å². The van der Waals surface area contributed by atoms with E-state index in [1.807, 2.05) is 0 Å². The second-order valence-corrected chi connectivity index (χ2v) is 3.52. The maximum atomic E-state index is 2.26. The van der Waals surface area contributed by atoms with Crippen molar-refractivity contribution in [3.63, 3.8) is 0 Å². The zero-order valence-electron chi connectivity index (χ0n) is 8.17. The second kappa shape index (κ2) is 5.41. The molecule has 0 aliphatic heterocycles. The monoisotopic (exact) mass is 175 g/mol. The highest BCUT2D eigenvalue weighted by Gasteiger charge is 1.98. The molecule has 1 heteroatoms. The Morgan fingerprint density at radius 1 is 1.17 bits per heavy atom. The predicted octanol–water partition coefficient (Wildman–Crippen LogP) is 2.81. The quantitative estimate of drug-likeness (QED) is 0.606. The van der Waals surface area contributed by atoms with E-state index in [0.717, 1.165) is 5.92 Å². The molecule has 0 saturated carbocycles. The molecule has 0 bridgehead atoms. The van der Waals surface area contributed by atoms with E-state index in [1.165, 1.54) is 17.5 Å². The summed E-state index contributed by atoms with van der Waals surface area (Å²) in [6.07, 6.45) is 1.20. The fraction of sp³-hybridized carbons (Fsp3) is 0.455. The summed E-state index contributed by atoms with van der Waals surface area (Å²) in [5.74, 6) is 0.760. The Morgan fingerprint density at radius 3 is 2.25 bits per heavy atom. The van der Waals surface area contributed by atoms with Gasteiger partial charge in [0, 0.05) is 17.4 Å². The van der Waals surface area contributed by atoms with Crippen LogP contribution in [0.5, 0.6) is 0 Å². The minimum atomic E-state index is 0. The van der Waals surface area contributed by atoms with Crippen LogP contribution in [0.4, 0.5) is 0 Å². The summed E-state index contributed by atoms with van der Waals surface area (Å²) in [4.78, 5) is 0. The highest BCUT2D eigenvalue weighted by atomic mass is 27.0. The first-order valence-corrected chi connectivity index (χ1v) is 4.24. The van der Waals surface area contributed by atoms with Gasteiger partial charge < -0.3 is 0 Å². The van der Waals surface area contributed by atoms with Gasteiger partial charge in [-0.25, -0.2) is 0 Å². The predicted molar refractivity (Wildman–Crippen MR) is 55.5 cm³/mol. The lowest BCUT2D eigenvalue weighted by Gasteiger charge is -2.07. The second-order valence-electron chi connectivity index (χ2n) is 3.52. The van der Waals surface area contributed by atoms with E-state index in [0.29, 0.717) is 0 Å². The first-order valence-electron chi connectivity index (χ1n) is 4.24. The molecule has 0 saturated heterocycles. The van der Waals surface area contributed by atoms with Crippen LogP contribution in [0.15, 0.2) is 24.3 Å². The molecule has 0 fully saturated rings. The molecule has 1 rings (SSSR count). The van der Waals surface area contributed by atoms with Crippen LogP contribution in [-0.2, 0) is 6.42 Å². The molecule has 1 aromatic carbocycles. The van der Waals surface area contributed by atoms with Crippen LogP contribution in [0.25, 0.3) is 0 Å². The molecule has 12 heavy (non-hydrogen) atoms. The Balaban J connectivity index is 0.00000121. The van der Waals surface area contributed by atoms with Crippen LogP contribution in [0, 0.1) is 12.8 Å². The molecule has 0 aromatic heterocycles. The van der Waals surface area contributed by atoms with Gasteiger partial charge >= 0.3 is 0 Å². The lowest BCUT2D eigenvalue weighted by Crippen LogP contribution is -1.95. The van der Waals surface area contributed by atoms with Gasteiger partial charge in [0.05, 0.1) is 0 Å². The Kier molecular flexibility index (Phi) is 5.30. The van der Waals surface area contributed by atoms with E-state index >= 15 is 0 Å². The van der Waals surface area contributed by atoms with Crippen molar-refractivity contribution in [2.24, 2.45) is 5.92 Å². The summed E-state index contributed by atoms with van der Waals surface area (Å²) < 4.78 is 0. The summed E-state index contributed by atoms with van der Waals surface area (Å²) in [5.41, 5.74) is 2.91. The highest BCUT2D eigenvalue weighted by molar-refractivity contribution is 5.75. The Bertz CT molecular complexity index is 228. The van der Waals surface area contributed by atoms with Gasteiger partial charge in [0.1, 0.15) is 0 Å². The van der Waals surface area contributed by atoms with E-state index in [-0.39, 0.29) is 17.4 Å². The molecule has 0 amide bonds. The van der Waals surface area contributed by atoms with Crippen molar-refractivity contribution < 1.29 is 0 Å². The van der Waals surface area contributed by atoms with Crippen LogP contribution in [0.3, 0.4) is 0 Å². The van der Waals surface area contributed by atoms with Crippen LogP contribution < -0.4 is 0 Å². The molecule has 0 N–H and O–H groups in total. The fourth-order valence-corrected chi connectivity index (χ4v) is 1.28. The van der Waals surface area contributed by atoms with E-state index < -0.39 is 0 Å². The lowest BCUT2D eigenvalue weighted by atomic mass is 9.99. The topological polar surface area (TPSA) is 0 Å². The maximum Gasteiger partial charge on any atom is 0 e. The molecule has 0 unspecified atom stereocenters. The average molecular weight is 175 g/mol. The van der Waals surface area contributed by atoms with Crippen LogP contribution in [0.2, 0.25) is 0 Å². The van der Waals surface area contributed by atoms with Crippen LogP contribution >= 0.6 is 0 Å². The average Bonchev–Trinajstić information content (AvgIpc) is 1.93. The molecule has 0 spiro atoms. The van der Waals surface area contributed by atoms with Gasteiger partial charge in [-0.1, -0.05) is 38.1 Å². The summed E-state index contributed by atoms with van der Waals surface area (Å²) in [6, 6.07) is 8.61. The van der Waals surface area contributed by atoms with Crippen molar-refractivity contribution in [3.05, 3.63) is 35.4 Å². The first-order chi connectivity index (χ1) is 5.20. The number of aryl methyl sites for hydroxylation is 1. The van der Waals surface area contributed by atoms with E-state index in [2.05, 4.69) is 45.0 Å². The molecule has 0 aliphatic carbocycles. The summed E-state index contributed by atoms with van der Waals surface area (Å²) in [7, 11) is 0. The molecule has 0 heterocycles. The van der Waals surface area contributed by atoms with Crippen molar-refractivity contribution in [2.75, 3.05) is 0 Å². The smallest absolute Gasteiger partial charge is 0 e. The number of hydrogen-bond acceptors (Lipinski definition) is 0. The van der Waals surface area contributed by atoms with Gasteiger partial charge in [0.15, 0.2) is 0 Å². The third-order valence-electron chi connectivity index (χ3n) is 1.89. The van der Waals surface area contributed by atoms with Gasteiger partial charge in [-0.05, 0) is 30.4 Å². The van der Waals surface area contributed by atoms with Gasteiger partial charge in [0.25, 0.3) is 0 Å². The third-order valence-corrected chi connectivity index (χ3v) is 1.89. The van der Waals surface area contributed by atoms with E-state index in [4.69, 9.17) is 0 Å². The zero-order valence-corrected chi connectivity index (χ0v) is 9.33. The van der Waals surface area contributed by atoms with Gasteiger partial charge in [-0.3, -0.25) is 0 Å². The molecule has 1 aromatic rings. The summed E-state index contributed by atoms with van der Waals surface area (Å²) in [5, 5.41) is 0. The molecule has 3 radical (unpaired) electrons. The summed E-state index contributed by atoms with van der Waals surface area (Å²) in [6.45, 7) is 6.69. The fourth-order valence-electron chi connectivity index (χ4n) is 1.28. The zero-order chi connectivity index (χ0) is 8.27. The van der Waals surface area contributed by atoms with Crippen molar-refractivity contribution >= 4 is 17.4 Å². The molecule has 0 nitrogen and oxygen atoms in total. The number of benzene rings is 1. The van der Waals surface area contributed by atoms with Gasteiger partial charge in [-0.2, -0.15) is 0 Å². The Hall–Kier alpha value is -0.248. The molecule has 0 aliphatic rings. The molecule has 0 atom stereocenters. The van der Waals surface area contributed by atoms with Gasteiger partial charge in [-0.15, -0.1) is 0 Å². The maximum absolute atomic E-state index is 2.26. The van der Waals surface area contributed by atoms with E-state index in [1.54, 1.807) is 0 Å². The standard InChI is InChI=1S/C11H16.Al/c1-9(2)8-11-7-5-4-6-10(11)3;/h4-7,9H,8H2,1-3H3;. The number of hydrogen-bond donors (Lipinski definition) is 0. The molecule has 63 valence electrons. The highest BCUT2D eigenvalue weighted by Crippen LogP contribution is 2.11. The van der Waals surface area contributed by atoms with Crippen molar-refractivity contribution in [2.45, 2.75) is 27.2 Å². The largest absolute Gasteiger partial charge is 0.0625 e. The SMILES string of the molecule is Cc1ccccc1CC(C)C.[Al]. The Morgan fingerprint density at radius 2 is 1.75 bits per heavy atom. The minimum Gasteiger partial charge on any atom is -0.0625 e. The van der Waals surface area contributed by atoms with Crippen LogP contribution in [0.1, 0.15) is 25.0 Å².